The maximum Gasteiger partial charge on any atom is 0.472 e. The van der Waals surface area contributed by atoms with E-state index in [0.29, 0.717) is 17.6 Å². The quantitative estimate of drug-likeness (QED) is 0.0518. The summed E-state index contributed by atoms with van der Waals surface area (Å²) >= 11 is 0. The summed E-state index contributed by atoms with van der Waals surface area (Å²) in [6.07, 6.45) is 19.9. The molecule has 0 saturated carbocycles. The van der Waals surface area contributed by atoms with E-state index in [2.05, 4.69) is 31.2 Å². The van der Waals surface area contributed by atoms with Gasteiger partial charge in [-0.25, -0.2) is 4.57 Å². The van der Waals surface area contributed by atoms with Crippen molar-refractivity contribution >= 4 is 13.8 Å². The van der Waals surface area contributed by atoms with Crippen LogP contribution in [0.3, 0.4) is 0 Å². The van der Waals surface area contributed by atoms with Gasteiger partial charge in [-0.3, -0.25) is 13.8 Å². The Morgan fingerprint density at radius 1 is 0.861 bits per heavy atom. The lowest BCUT2D eigenvalue weighted by Crippen LogP contribution is -2.37. The number of hydrogen-bond acceptors (Lipinski definition) is 6. The number of unbranched alkanes of at least 4 members (excludes halogenated alkanes) is 7. The van der Waals surface area contributed by atoms with Crippen LogP contribution >= 0.6 is 7.82 Å². The van der Waals surface area contributed by atoms with E-state index in [-0.39, 0.29) is 26.2 Å². The molecular formula is C27H53NO7P+. The van der Waals surface area contributed by atoms with Crippen LogP contribution in [0.25, 0.3) is 0 Å². The molecule has 0 aliphatic rings. The molecule has 0 fully saturated rings. The number of allylic oxidation sites excluding steroid dienone is 4. The molecule has 0 saturated heterocycles. The van der Waals surface area contributed by atoms with Crippen molar-refractivity contribution in [3.63, 3.8) is 0 Å². The molecule has 8 nitrogen and oxygen atoms in total. The van der Waals surface area contributed by atoms with Crippen LogP contribution < -0.4 is 0 Å². The van der Waals surface area contributed by atoms with E-state index < -0.39 is 19.9 Å². The van der Waals surface area contributed by atoms with Gasteiger partial charge in [0.1, 0.15) is 19.3 Å². The van der Waals surface area contributed by atoms with Gasteiger partial charge in [-0.05, 0) is 32.1 Å². The highest BCUT2D eigenvalue weighted by molar-refractivity contribution is 7.47. The Bertz CT molecular complexity index is 647. The first-order valence-corrected chi connectivity index (χ1v) is 15.1. The molecule has 2 unspecified atom stereocenters. The van der Waals surface area contributed by atoms with Gasteiger partial charge in [-0.15, -0.1) is 0 Å². The minimum absolute atomic E-state index is 0.0839. The highest BCUT2D eigenvalue weighted by Gasteiger charge is 2.26. The summed E-state index contributed by atoms with van der Waals surface area (Å²) in [4.78, 5) is 21.6. The summed E-state index contributed by atoms with van der Waals surface area (Å²) in [5, 5.41) is 0. The van der Waals surface area contributed by atoms with Crippen LogP contribution in [0.15, 0.2) is 24.3 Å². The number of carbonyl (C=O) groups is 1. The molecule has 0 heterocycles. The Labute approximate surface area is 220 Å². The van der Waals surface area contributed by atoms with Gasteiger partial charge in [0.2, 0.25) is 0 Å². The third kappa shape index (κ3) is 24.7. The van der Waals surface area contributed by atoms with Gasteiger partial charge in [0.05, 0.1) is 34.4 Å². The molecule has 9 heteroatoms. The summed E-state index contributed by atoms with van der Waals surface area (Å²) in [5.74, 6) is -0.409. The number of hydrogen-bond donors (Lipinski definition) is 1. The van der Waals surface area contributed by atoms with Gasteiger partial charge < -0.3 is 18.9 Å². The van der Waals surface area contributed by atoms with Crippen LogP contribution in [0, 0.1) is 0 Å². The summed E-state index contributed by atoms with van der Waals surface area (Å²) < 4.78 is 33.7. The molecule has 0 aromatic carbocycles. The van der Waals surface area contributed by atoms with E-state index in [4.69, 9.17) is 18.5 Å². The fourth-order valence-corrected chi connectivity index (χ4v) is 3.83. The van der Waals surface area contributed by atoms with Crippen molar-refractivity contribution in [2.24, 2.45) is 0 Å². The number of quaternary nitrogens is 1. The molecule has 0 aromatic heterocycles. The van der Waals surface area contributed by atoms with Gasteiger partial charge in [0, 0.05) is 13.0 Å². The highest BCUT2D eigenvalue weighted by Crippen LogP contribution is 2.43. The van der Waals surface area contributed by atoms with Crippen molar-refractivity contribution in [2.45, 2.75) is 90.6 Å². The number of nitrogens with zero attached hydrogens (tertiary/aromatic N) is 1. The summed E-state index contributed by atoms with van der Waals surface area (Å²) in [7, 11) is 1.64. The first-order chi connectivity index (χ1) is 17.1. The Morgan fingerprint density at radius 3 is 2.14 bits per heavy atom. The van der Waals surface area contributed by atoms with Crippen molar-refractivity contribution in [3.05, 3.63) is 24.3 Å². The molecule has 0 spiro atoms. The van der Waals surface area contributed by atoms with E-state index in [1.807, 2.05) is 21.1 Å². The average molecular weight is 535 g/mol. The van der Waals surface area contributed by atoms with Gasteiger partial charge in [-0.1, -0.05) is 70.3 Å². The number of carbonyl (C=O) groups excluding carboxylic acids is 1. The van der Waals surface area contributed by atoms with E-state index in [9.17, 15) is 14.3 Å². The molecule has 212 valence electrons. The zero-order valence-corrected chi connectivity index (χ0v) is 24.4. The van der Waals surface area contributed by atoms with Gasteiger partial charge >= 0.3 is 13.8 Å². The lowest BCUT2D eigenvalue weighted by atomic mass is 10.1. The third-order valence-corrected chi connectivity index (χ3v) is 6.29. The Kier molecular flexibility index (Phi) is 21.4. The second-order valence-electron chi connectivity index (χ2n) is 10.0. The van der Waals surface area contributed by atoms with Crippen LogP contribution in [0.5, 0.6) is 0 Å². The second-order valence-corrected chi connectivity index (χ2v) is 11.5. The summed E-state index contributed by atoms with van der Waals surface area (Å²) in [5.41, 5.74) is 0. The highest BCUT2D eigenvalue weighted by atomic mass is 31.2. The molecule has 0 radical (unpaired) electrons. The minimum Gasteiger partial charge on any atom is -0.457 e. The number of rotatable bonds is 24. The Balaban J connectivity index is 3.97. The first kappa shape index (κ1) is 35.0. The van der Waals surface area contributed by atoms with E-state index in [1.54, 1.807) is 6.92 Å². The maximum absolute atomic E-state index is 12.1. The second kappa shape index (κ2) is 22.0. The normalized spacial score (nSPS) is 14.9. The lowest BCUT2D eigenvalue weighted by Gasteiger charge is -2.24. The molecule has 0 aliphatic carbocycles. The van der Waals surface area contributed by atoms with Crippen LogP contribution in [0.2, 0.25) is 0 Å². The molecule has 0 bridgehead atoms. The van der Waals surface area contributed by atoms with Gasteiger partial charge in [-0.2, -0.15) is 0 Å². The van der Waals surface area contributed by atoms with Crippen molar-refractivity contribution in [2.75, 3.05) is 54.1 Å². The molecule has 2 atom stereocenters. The molecule has 0 aliphatic heterocycles. The number of phosphoric ester groups is 1. The molecule has 0 rings (SSSR count). The van der Waals surface area contributed by atoms with E-state index >= 15 is 0 Å². The van der Waals surface area contributed by atoms with Crippen molar-refractivity contribution in [1.82, 2.24) is 0 Å². The fraction of sp³-hybridized carbons (Fsp3) is 0.815. The summed E-state index contributed by atoms with van der Waals surface area (Å²) in [6, 6.07) is 0. The number of likely N-dealkylation sites (N-methyl/N-ethyl adjacent to an activating group) is 1. The Hall–Kier alpha value is -1.02. The van der Waals surface area contributed by atoms with Crippen molar-refractivity contribution in [1.29, 1.82) is 0 Å². The number of ether oxygens (including phenoxy) is 2. The lowest BCUT2D eigenvalue weighted by molar-refractivity contribution is -0.870. The minimum atomic E-state index is -4.22. The fourth-order valence-electron chi connectivity index (χ4n) is 3.09. The first-order valence-electron chi connectivity index (χ1n) is 13.6. The van der Waals surface area contributed by atoms with Gasteiger partial charge in [0.25, 0.3) is 0 Å². The zero-order chi connectivity index (χ0) is 27.1. The van der Waals surface area contributed by atoms with Crippen LogP contribution in [0.4, 0.5) is 0 Å². The van der Waals surface area contributed by atoms with Crippen LogP contribution in [0.1, 0.15) is 84.5 Å². The number of phosphoric acid groups is 1. The molecule has 1 N–H and O–H groups in total. The third-order valence-electron chi connectivity index (χ3n) is 5.30. The summed E-state index contributed by atoms with van der Waals surface area (Å²) in [6.45, 7) is 4.93. The topological polar surface area (TPSA) is 91.3 Å². The number of esters is 1. The Morgan fingerprint density at radius 2 is 1.50 bits per heavy atom. The standard InChI is InChI=1S/C27H52NO7P/c1-6-8-9-10-11-12-13-14-15-16-17-18-19-20-22-32-24-26(35-27(29)7-2)25-34-36(30,31)33-23-21-28(3,4)5/h9-10,12-13,26H,6-8,11,14-25H2,1-5H3/p+1/b10-9-,13-12-. The van der Waals surface area contributed by atoms with Crippen molar-refractivity contribution < 1.29 is 37.3 Å². The predicted octanol–water partition coefficient (Wildman–Crippen LogP) is 6.20. The monoisotopic (exact) mass is 534 g/mol. The maximum atomic E-state index is 12.1. The molecule has 36 heavy (non-hydrogen) atoms. The van der Waals surface area contributed by atoms with Crippen molar-refractivity contribution in [3.8, 4) is 0 Å². The van der Waals surface area contributed by atoms with E-state index in [0.717, 1.165) is 25.7 Å². The largest absolute Gasteiger partial charge is 0.472 e. The van der Waals surface area contributed by atoms with Crippen LogP contribution in [-0.4, -0.2) is 75.6 Å². The van der Waals surface area contributed by atoms with E-state index in [1.165, 1.54) is 38.5 Å². The molecule has 0 amide bonds. The average Bonchev–Trinajstić information content (AvgIpc) is 2.81. The van der Waals surface area contributed by atoms with Gasteiger partial charge in [0.15, 0.2) is 0 Å². The molecular weight excluding hydrogens is 481 g/mol. The zero-order valence-electron chi connectivity index (χ0n) is 23.5. The predicted molar refractivity (Wildman–Crippen MR) is 146 cm³/mol. The SMILES string of the molecule is CCC/C=C\C/C=C\CCCCCCCCOCC(COP(=O)(O)OCC[N+](C)(C)C)OC(=O)CC. The smallest absolute Gasteiger partial charge is 0.457 e. The molecule has 0 aromatic rings. The van der Waals surface area contributed by atoms with Crippen LogP contribution in [-0.2, 0) is 27.9 Å².